The van der Waals surface area contributed by atoms with E-state index in [4.69, 9.17) is 0 Å². The smallest absolute Gasteiger partial charge is 0.211 e. The number of alkyl halides is 1. The van der Waals surface area contributed by atoms with E-state index in [0.717, 1.165) is 24.6 Å². The van der Waals surface area contributed by atoms with Crippen molar-refractivity contribution in [2.24, 2.45) is 17.3 Å². The first-order chi connectivity index (χ1) is 8.19. The zero-order chi connectivity index (χ0) is 14.0. The van der Waals surface area contributed by atoms with Crippen LogP contribution in [0.25, 0.3) is 0 Å². The number of piperidine rings is 1. The first-order valence-corrected chi connectivity index (χ1v) is 9.67. The molecule has 1 rings (SSSR count). The minimum Gasteiger partial charge on any atom is -0.213 e. The van der Waals surface area contributed by atoms with Crippen LogP contribution in [0.2, 0.25) is 0 Å². The number of halogens is 1. The van der Waals surface area contributed by atoms with Crippen molar-refractivity contribution >= 4 is 26.0 Å². The molecule has 1 saturated heterocycles. The highest BCUT2D eigenvalue weighted by molar-refractivity contribution is 9.09. The van der Waals surface area contributed by atoms with Gasteiger partial charge in [-0.2, -0.15) is 0 Å². The summed E-state index contributed by atoms with van der Waals surface area (Å²) in [7, 11) is -3.02. The number of hydrogen-bond acceptors (Lipinski definition) is 2. The summed E-state index contributed by atoms with van der Waals surface area (Å²) in [6.45, 7) is 8.19. The van der Waals surface area contributed by atoms with Crippen molar-refractivity contribution in [3.8, 4) is 0 Å². The standard InChI is InChI=1S/C13H26BrNO2S/c1-11(2)13(3,10-14)8-12-6-5-7-15(9-12)18(4,16)17/h11-12H,5-10H2,1-4H3. The molecule has 0 aromatic heterocycles. The van der Waals surface area contributed by atoms with Gasteiger partial charge in [0.1, 0.15) is 0 Å². The van der Waals surface area contributed by atoms with E-state index in [9.17, 15) is 8.42 Å². The first-order valence-electron chi connectivity index (χ1n) is 6.70. The van der Waals surface area contributed by atoms with E-state index < -0.39 is 10.0 Å². The molecular weight excluding hydrogens is 314 g/mol. The van der Waals surface area contributed by atoms with Gasteiger partial charge in [-0.1, -0.05) is 36.7 Å². The third-order valence-electron chi connectivity index (χ3n) is 4.40. The largest absolute Gasteiger partial charge is 0.213 e. The fraction of sp³-hybridized carbons (Fsp3) is 1.00. The van der Waals surface area contributed by atoms with Crippen LogP contribution >= 0.6 is 15.9 Å². The molecule has 0 amide bonds. The molecule has 0 aliphatic carbocycles. The second-order valence-corrected chi connectivity index (χ2v) is 8.82. The highest BCUT2D eigenvalue weighted by atomic mass is 79.9. The Morgan fingerprint density at radius 3 is 2.50 bits per heavy atom. The Hall–Kier alpha value is 0.390. The molecule has 0 N–H and O–H groups in total. The van der Waals surface area contributed by atoms with E-state index in [1.54, 1.807) is 4.31 Å². The summed E-state index contributed by atoms with van der Waals surface area (Å²) in [5, 5.41) is 0.979. The molecule has 5 heteroatoms. The Morgan fingerprint density at radius 1 is 1.44 bits per heavy atom. The second-order valence-electron chi connectivity index (χ2n) is 6.28. The number of rotatable bonds is 5. The molecule has 0 radical (unpaired) electrons. The normalized spacial score (nSPS) is 26.2. The Bertz CT molecular complexity index is 369. The van der Waals surface area contributed by atoms with Gasteiger partial charge in [-0.3, -0.25) is 0 Å². The van der Waals surface area contributed by atoms with Crippen molar-refractivity contribution in [3.63, 3.8) is 0 Å². The topological polar surface area (TPSA) is 37.4 Å². The van der Waals surface area contributed by atoms with Gasteiger partial charge in [-0.15, -0.1) is 0 Å². The molecule has 3 nitrogen and oxygen atoms in total. The molecular formula is C13H26BrNO2S. The SMILES string of the molecule is CC(C)C(C)(CBr)CC1CCCN(S(C)(=O)=O)C1. The number of hydrogen-bond donors (Lipinski definition) is 0. The minimum atomic E-state index is -3.02. The molecule has 1 heterocycles. The third kappa shape index (κ3) is 4.20. The highest BCUT2D eigenvalue weighted by Gasteiger charge is 2.34. The molecule has 1 aliphatic heterocycles. The average molecular weight is 340 g/mol. The van der Waals surface area contributed by atoms with Gasteiger partial charge in [0.15, 0.2) is 0 Å². The summed E-state index contributed by atoms with van der Waals surface area (Å²) in [5.41, 5.74) is 0.255. The van der Waals surface area contributed by atoms with E-state index in [2.05, 4.69) is 36.7 Å². The molecule has 0 aromatic carbocycles. The summed E-state index contributed by atoms with van der Waals surface area (Å²) >= 11 is 3.62. The summed E-state index contributed by atoms with van der Waals surface area (Å²) in [5.74, 6) is 1.10. The van der Waals surface area contributed by atoms with Gasteiger partial charge in [0, 0.05) is 18.4 Å². The molecule has 0 saturated carbocycles. The highest BCUT2D eigenvalue weighted by Crippen LogP contribution is 2.38. The average Bonchev–Trinajstić information content (AvgIpc) is 2.28. The van der Waals surface area contributed by atoms with Crippen LogP contribution in [0.15, 0.2) is 0 Å². The van der Waals surface area contributed by atoms with Crippen molar-refractivity contribution in [1.29, 1.82) is 0 Å². The molecule has 2 unspecified atom stereocenters. The van der Waals surface area contributed by atoms with Gasteiger partial charge in [0.05, 0.1) is 6.26 Å². The lowest BCUT2D eigenvalue weighted by Crippen LogP contribution is -2.41. The third-order valence-corrected chi connectivity index (χ3v) is 6.96. The van der Waals surface area contributed by atoms with Gasteiger partial charge >= 0.3 is 0 Å². The van der Waals surface area contributed by atoms with E-state index in [1.807, 2.05) is 0 Å². The second kappa shape index (κ2) is 6.23. The van der Waals surface area contributed by atoms with E-state index >= 15 is 0 Å². The fourth-order valence-electron chi connectivity index (χ4n) is 2.60. The Morgan fingerprint density at radius 2 is 2.06 bits per heavy atom. The Labute approximate surface area is 121 Å². The Balaban J connectivity index is 2.68. The maximum absolute atomic E-state index is 11.6. The van der Waals surface area contributed by atoms with Crippen LogP contribution in [0.4, 0.5) is 0 Å². The van der Waals surface area contributed by atoms with Crippen LogP contribution in [0.3, 0.4) is 0 Å². The minimum absolute atomic E-state index is 0.255. The van der Waals surface area contributed by atoms with Crippen LogP contribution in [0.1, 0.15) is 40.0 Å². The monoisotopic (exact) mass is 339 g/mol. The summed E-state index contributed by atoms with van der Waals surface area (Å²) < 4.78 is 24.9. The van der Waals surface area contributed by atoms with Gasteiger partial charge in [0.25, 0.3) is 0 Å². The molecule has 0 bridgehead atoms. The van der Waals surface area contributed by atoms with Gasteiger partial charge in [-0.25, -0.2) is 12.7 Å². The van der Waals surface area contributed by atoms with Crippen molar-refractivity contribution in [2.75, 3.05) is 24.7 Å². The van der Waals surface area contributed by atoms with Crippen molar-refractivity contribution < 1.29 is 8.42 Å². The maximum Gasteiger partial charge on any atom is 0.211 e. The first kappa shape index (κ1) is 16.4. The summed E-state index contributed by atoms with van der Waals surface area (Å²) in [6.07, 6.45) is 4.57. The lowest BCUT2D eigenvalue weighted by atomic mass is 9.73. The molecule has 2 atom stereocenters. The van der Waals surface area contributed by atoms with Gasteiger partial charge < -0.3 is 0 Å². The lowest BCUT2D eigenvalue weighted by Gasteiger charge is -2.39. The summed E-state index contributed by atoms with van der Waals surface area (Å²) in [4.78, 5) is 0. The zero-order valence-electron chi connectivity index (χ0n) is 11.9. The van der Waals surface area contributed by atoms with Gasteiger partial charge in [-0.05, 0) is 36.5 Å². The molecule has 1 aliphatic rings. The lowest BCUT2D eigenvalue weighted by molar-refractivity contribution is 0.153. The number of sulfonamides is 1. The predicted molar refractivity (Wildman–Crippen MR) is 80.5 cm³/mol. The van der Waals surface area contributed by atoms with E-state index in [1.165, 1.54) is 6.26 Å². The van der Waals surface area contributed by atoms with Crippen LogP contribution in [-0.2, 0) is 10.0 Å². The molecule has 0 aromatic rings. The quantitative estimate of drug-likeness (QED) is 0.721. The summed E-state index contributed by atoms with van der Waals surface area (Å²) in [6, 6.07) is 0. The van der Waals surface area contributed by atoms with Crippen molar-refractivity contribution in [2.45, 2.75) is 40.0 Å². The maximum atomic E-state index is 11.6. The van der Waals surface area contributed by atoms with Crippen molar-refractivity contribution in [1.82, 2.24) is 4.31 Å². The van der Waals surface area contributed by atoms with E-state index in [-0.39, 0.29) is 5.41 Å². The van der Waals surface area contributed by atoms with E-state index in [0.29, 0.717) is 24.9 Å². The van der Waals surface area contributed by atoms with Crippen LogP contribution in [0, 0.1) is 17.3 Å². The fourth-order valence-corrected chi connectivity index (χ4v) is 4.42. The van der Waals surface area contributed by atoms with Crippen molar-refractivity contribution in [3.05, 3.63) is 0 Å². The van der Waals surface area contributed by atoms with Crippen LogP contribution < -0.4 is 0 Å². The molecule has 0 spiro atoms. The molecule has 18 heavy (non-hydrogen) atoms. The predicted octanol–water partition coefficient (Wildman–Crippen LogP) is 3.11. The molecule has 1 fully saturated rings. The zero-order valence-corrected chi connectivity index (χ0v) is 14.3. The Kier molecular flexibility index (Phi) is 5.69. The number of nitrogens with zero attached hydrogens (tertiary/aromatic N) is 1. The van der Waals surface area contributed by atoms with Crippen LogP contribution in [0.5, 0.6) is 0 Å². The van der Waals surface area contributed by atoms with Crippen LogP contribution in [-0.4, -0.2) is 37.4 Å². The molecule has 108 valence electrons. The van der Waals surface area contributed by atoms with Gasteiger partial charge in [0.2, 0.25) is 10.0 Å².